The molecule has 0 saturated heterocycles. The highest BCUT2D eigenvalue weighted by Crippen LogP contribution is 2.43. The van der Waals surface area contributed by atoms with Gasteiger partial charge < -0.3 is 11.1 Å². The number of hydrogen-bond acceptors (Lipinski definition) is 5. The minimum Gasteiger partial charge on any atom is -0.327 e. The summed E-state index contributed by atoms with van der Waals surface area (Å²) in [6, 6.07) is -0.586. The van der Waals surface area contributed by atoms with Crippen LogP contribution >= 0.6 is 11.3 Å². The van der Waals surface area contributed by atoms with Crippen molar-refractivity contribution in [2.24, 2.45) is 11.7 Å². The number of carbonyl (C=O) groups excluding carboxylic acids is 1. The Morgan fingerprint density at radius 3 is 2.54 bits per heavy atom. The first-order valence-corrected chi connectivity index (χ1v) is 11.1. The van der Waals surface area contributed by atoms with Crippen LogP contribution in [0.1, 0.15) is 36.1 Å². The molecule has 0 unspecified atom stereocenters. The van der Waals surface area contributed by atoms with Gasteiger partial charge >= 0.3 is 0 Å². The Morgan fingerprint density at radius 2 is 1.92 bits per heavy atom. The number of aryl methyl sites for hydroxylation is 1. The molecule has 2 saturated carbocycles. The van der Waals surface area contributed by atoms with Gasteiger partial charge in [-0.15, -0.1) is 11.3 Å². The van der Waals surface area contributed by atoms with Crippen LogP contribution in [0, 0.1) is 5.92 Å². The van der Waals surface area contributed by atoms with Gasteiger partial charge in [0, 0.05) is 17.0 Å². The summed E-state index contributed by atoms with van der Waals surface area (Å²) in [7, 11) is -3.93. The molecule has 0 aliphatic heterocycles. The lowest BCUT2D eigenvalue weighted by Gasteiger charge is -2.30. The van der Waals surface area contributed by atoms with Gasteiger partial charge in [0.2, 0.25) is 15.9 Å². The Kier molecular flexibility index (Phi) is 4.57. The van der Waals surface area contributed by atoms with E-state index < -0.39 is 40.2 Å². The van der Waals surface area contributed by atoms with E-state index in [4.69, 9.17) is 5.73 Å². The molecule has 144 valence electrons. The quantitative estimate of drug-likeness (QED) is 0.693. The van der Waals surface area contributed by atoms with Crippen molar-refractivity contribution in [2.75, 3.05) is 5.32 Å². The maximum absolute atomic E-state index is 13.2. The van der Waals surface area contributed by atoms with Gasteiger partial charge in [0.05, 0.1) is 5.92 Å². The maximum Gasteiger partial charge on any atom is 0.244 e. The van der Waals surface area contributed by atoms with E-state index in [1.54, 1.807) is 0 Å². The molecule has 3 atom stereocenters. The van der Waals surface area contributed by atoms with Crippen LogP contribution in [-0.2, 0) is 27.7 Å². The highest BCUT2D eigenvalue weighted by Gasteiger charge is 2.45. The third kappa shape index (κ3) is 3.39. The fourth-order valence-corrected chi connectivity index (χ4v) is 6.75. The van der Waals surface area contributed by atoms with E-state index in [9.17, 15) is 22.0 Å². The second kappa shape index (κ2) is 6.50. The molecule has 1 amide bonds. The minimum atomic E-state index is -3.93. The number of sulfonamides is 1. The molecular formula is C16H21F2N3O3S2. The molecular weight excluding hydrogens is 384 g/mol. The Balaban J connectivity index is 1.66. The van der Waals surface area contributed by atoms with E-state index in [0.29, 0.717) is 18.4 Å². The molecule has 4 rings (SSSR count). The number of rotatable bonds is 5. The highest BCUT2D eigenvalue weighted by atomic mass is 32.2. The van der Waals surface area contributed by atoms with E-state index in [0.717, 1.165) is 11.3 Å². The standard InChI is InChI=1S/C16H21F2N3O3S2/c17-7-3-9(4-7)21-26(23,24)14-11-5-8(19)1-2-13(11)25-16(14)20-15(22)10-6-12(10)18/h7-10,12,21H,1-6,19H2,(H,20,22)/t7-,8-,9+,10-,12-/m0/s1. The van der Waals surface area contributed by atoms with E-state index in [1.165, 1.54) is 11.3 Å². The van der Waals surface area contributed by atoms with Crippen LogP contribution in [0.3, 0.4) is 0 Å². The summed E-state index contributed by atoms with van der Waals surface area (Å²) < 4.78 is 54.6. The van der Waals surface area contributed by atoms with Crippen molar-refractivity contribution in [2.45, 2.75) is 67.8 Å². The number of nitrogens with two attached hydrogens (primary N) is 1. The predicted octanol–water partition coefficient (Wildman–Crippen LogP) is 1.64. The van der Waals surface area contributed by atoms with Crippen LogP contribution in [0.5, 0.6) is 0 Å². The lowest BCUT2D eigenvalue weighted by Crippen LogP contribution is -2.45. The summed E-state index contributed by atoms with van der Waals surface area (Å²) in [6.07, 6.45) is 0.123. The van der Waals surface area contributed by atoms with Crippen molar-refractivity contribution >= 4 is 32.3 Å². The van der Waals surface area contributed by atoms with E-state index in [1.807, 2.05) is 0 Å². The normalized spacial score (nSPS) is 33.3. The first kappa shape index (κ1) is 18.3. The molecule has 1 aromatic rings. The molecule has 0 bridgehead atoms. The number of nitrogens with one attached hydrogen (secondary N) is 2. The minimum absolute atomic E-state index is 0.0272. The molecule has 3 aliphatic carbocycles. The van der Waals surface area contributed by atoms with Crippen molar-refractivity contribution in [3.63, 3.8) is 0 Å². The number of halogens is 2. The summed E-state index contributed by atoms with van der Waals surface area (Å²) in [5.74, 6) is -1.21. The van der Waals surface area contributed by atoms with Gasteiger partial charge in [-0.05, 0) is 44.1 Å². The number of hydrogen-bond donors (Lipinski definition) is 3. The average Bonchev–Trinajstić information content (AvgIpc) is 3.14. The summed E-state index contributed by atoms with van der Waals surface area (Å²) in [6.45, 7) is 0. The number of alkyl halides is 2. The second-order valence-electron chi connectivity index (χ2n) is 7.40. The van der Waals surface area contributed by atoms with E-state index in [2.05, 4.69) is 10.0 Å². The zero-order valence-electron chi connectivity index (χ0n) is 14.0. The van der Waals surface area contributed by atoms with Gasteiger partial charge in [0.15, 0.2) is 0 Å². The number of carbonyl (C=O) groups is 1. The Morgan fingerprint density at radius 1 is 1.23 bits per heavy atom. The zero-order valence-corrected chi connectivity index (χ0v) is 15.6. The largest absolute Gasteiger partial charge is 0.327 e. The predicted molar refractivity (Wildman–Crippen MR) is 94.2 cm³/mol. The summed E-state index contributed by atoms with van der Waals surface area (Å²) in [5, 5.41) is 2.82. The lowest BCUT2D eigenvalue weighted by atomic mass is 9.92. The third-order valence-electron chi connectivity index (χ3n) is 5.21. The van der Waals surface area contributed by atoms with Crippen LogP contribution in [-0.4, -0.2) is 38.8 Å². The zero-order chi connectivity index (χ0) is 18.6. The molecule has 26 heavy (non-hydrogen) atoms. The molecule has 0 radical (unpaired) electrons. The van der Waals surface area contributed by atoms with E-state index >= 15 is 0 Å². The number of fused-ring (bicyclic) bond motifs is 1. The molecule has 4 N–H and O–H groups in total. The van der Waals surface area contributed by atoms with Crippen molar-refractivity contribution < 1.29 is 22.0 Å². The van der Waals surface area contributed by atoms with Gasteiger partial charge in [-0.2, -0.15) is 0 Å². The van der Waals surface area contributed by atoms with Crippen molar-refractivity contribution in [3.05, 3.63) is 10.4 Å². The molecule has 0 spiro atoms. The van der Waals surface area contributed by atoms with Gasteiger partial charge in [0.1, 0.15) is 22.2 Å². The number of anilines is 1. The maximum atomic E-state index is 13.2. The molecule has 2 fully saturated rings. The Hall–Kier alpha value is -1.10. The molecule has 3 aliphatic rings. The lowest BCUT2D eigenvalue weighted by molar-refractivity contribution is -0.117. The van der Waals surface area contributed by atoms with Crippen LogP contribution in [0.2, 0.25) is 0 Å². The van der Waals surface area contributed by atoms with Crippen molar-refractivity contribution in [1.29, 1.82) is 0 Å². The topological polar surface area (TPSA) is 101 Å². The fraction of sp³-hybridized carbons (Fsp3) is 0.688. The van der Waals surface area contributed by atoms with Gasteiger partial charge in [-0.25, -0.2) is 21.9 Å². The van der Waals surface area contributed by atoms with Crippen LogP contribution < -0.4 is 15.8 Å². The summed E-state index contributed by atoms with van der Waals surface area (Å²) in [5.41, 5.74) is 6.63. The van der Waals surface area contributed by atoms with Crippen LogP contribution in [0.4, 0.5) is 13.8 Å². The highest BCUT2D eigenvalue weighted by molar-refractivity contribution is 7.90. The monoisotopic (exact) mass is 405 g/mol. The summed E-state index contributed by atoms with van der Waals surface area (Å²) >= 11 is 1.22. The smallest absolute Gasteiger partial charge is 0.244 e. The molecule has 1 heterocycles. The van der Waals surface area contributed by atoms with Gasteiger partial charge in [-0.1, -0.05) is 0 Å². The third-order valence-corrected chi connectivity index (χ3v) is 8.18. The average molecular weight is 405 g/mol. The first-order valence-electron chi connectivity index (χ1n) is 8.76. The molecule has 10 heteroatoms. The van der Waals surface area contributed by atoms with Gasteiger partial charge in [-0.3, -0.25) is 4.79 Å². The second-order valence-corrected chi connectivity index (χ2v) is 10.2. The number of amides is 1. The molecule has 1 aromatic heterocycles. The number of thiophene rings is 1. The molecule has 0 aromatic carbocycles. The van der Waals surface area contributed by atoms with Crippen molar-refractivity contribution in [3.8, 4) is 0 Å². The van der Waals surface area contributed by atoms with Crippen molar-refractivity contribution in [1.82, 2.24) is 4.72 Å². The fourth-order valence-electron chi connectivity index (χ4n) is 3.51. The SMILES string of the molecule is N[C@H]1CCc2sc(NC(=O)[C@H]3C[C@@H]3F)c(S(=O)(=O)N[C@H]3C[C@@H](F)C3)c2C1. The van der Waals surface area contributed by atoms with Crippen LogP contribution in [0.25, 0.3) is 0 Å². The van der Waals surface area contributed by atoms with Crippen LogP contribution in [0.15, 0.2) is 4.90 Å². The molecule has 6 nitrogen and oxygen atoms in total. The van der Waals surface area contributed by atoms with E-state index in [-0.39, 0.29) is 35.2 Å². The van der Waals surface area contributed by atoms with Gasteiger partial charge in [0.25, 0.3) is 0 Å². The Labute approximate surface area is 154 Å². The summed E-state index contributed by atoms with van der Waals surface area (Å²) in [4.78, 5) is 13.0. The first-order chi connectivity index (χ1) is 12.2. The Bertz CT molecular complexity index is 836.